The van der Waals surface area contributed by atoms with Gasteiger partial charge in [-0.3, -0.25) is 4.90 Å². The zero-order chi connectivity index (χ0) is 16.6. The Morgan fingerprint density at radius 1 is 1.30 bits per heavy atom. The van der Waals surface area contributed by atoms with Crippen molar-refractivity contribution in [1.82, 2.24) is 9.80 Å². The molecular weight excluding hydrogens is 292 g/mol. The first-order valence-electron chi connectivity index (χ1n) is 8.26. The van der Waals surface area contributed by atoms with Crippen molar-refractivity contribution in [3.63, 3.8) is 0 Å². The zero-order valence-electron chi connectivity index (χ0n) is 14.5. The third-order valence-corrected chi connectivity index (χ3v) is 4.28. The predicted octanol–water partition coefficient (Wildman–Crippen LogP) is 2.81. The number of fused-ring (bicyclic) bond motifs is 2. The fourth-order valence-corrected chi connectivity index (χ4v) is 3.08. The van der Waals surface area contributed by atoms with E-state index in [0.29, 0.717) is 19.7 Å². The van der Waals surface area contributed by atoms with Crippen molar-refractivity contribution >= 4 is 6.09 Å². The van der Waals surface area contributed by atoms with Crippen LogP contribution in [0.15, 0.2) is 18.2 Å². The molecule has 0 N–H and O–H groups in total. The molecule has 1 unspecified atom stereocenters. The molecule has 0 saturated carbocycles. The molecule has 23 heavy (non-hydrogen) atoms. The molecule has 2 aliphatic heterocycles. The second kappa shape index (κ2) is 6.04. The van der Waals surface area contributed by atoms with Crippen LogP contribution in [0.3, 0.4) is 0 Å². The maximum Gasteiger partial charge on any atom is 0.410 e. The van der Waals surface area contributed by atoms with Gasteiger partial charge < -0.3 is 14.4 Å². The average molecular weight is 318 g/mol. The van der Waals surface area contributed by atoms with Gasteiger partial charge in [0, 0.05) is 31.7 Å². The Morgan fingerprint density at radius 2 is 2.09 bits per heavy atom. The van der Waals surface area contributed by atoms with E-state index in [1.54, 1.807) is 4.90 Å². The molecule has 0 aliphatic carbocycles. The summed E-state index contributed by atoms with van der Waals surface area (Å²) in [6.07, 6.45) is -0.227. The maximum atomic E-state index is 12.3. The highest BCUT2D eigenvalue weighted by Crippen LogP contribution is 2.28. The number of carbonyl (C=O) groups excluding carboxylic acids is 1. The summed E-state index contributed by atoms with van der Waals surface area (Å²) in [5, 5.41) is 0. The van der Waals surface area contributed by atoms with Gasteiger partial charge in [-0.1, -0.05) is 12.1 Å². The number of ether oxygens (including phenoxy) is 2. The Hall–Kier alpha value is -1.75. The summed E-state index contributed by atoms with van der Waals surface area (Å²) in [6.45, 7) is 11.5. The van der Waals surface area contributed by atoms with Gasteiger partial charge in [0.15, 0.2) is 0 Å². The molecule has 5 heteroatoms. The molecule has 1 aromatic rings. The number of carbonyl (C=O) groups is 1. The molecule has 0 bridgehead atoms. The summed E-state index contributed by atoms with van der Waals surface area (Å²) in [6, 6.07) is 6.58. The number of rotatable bonds is 0. The van der Waals surface area contributed by atoms with Crippen LogP contribution in [0.2, 0.25) is 0 Å². The number of piperazine rings is 1. The Kier molecular flexibility index (Phi) is 4.23. The van der Waals surface area contributed by atoms with E-state index in [2.05, 4.69) is 30.0 Å². The van der Waals surface area contributed by atoms with Crippen molar-refractivity contribution in [2.75, 3.05) is 26.2 Å². The Balaban J connectivity index is 1.68. The first-order chi connectivity index (χ1) is 10.8. The zero-order valence-corrected chi connectivity index (χ0v) is 14.5. The van der Waals surface area contributed by atoms with Crippen molar-refractivity contribution < 1.29 is 14.3 Å². The van der Waals surface area contributed by atoms with Crippen molar-refractivity contribution in [2.45, 2.75) is 45.9 Å². The molecular formula is C18H26N2O3. The van der Waals surface area contributed by atoms with Gasteiger partial charge in [-0.25, -0.2) is 4.79 Å². The Morgan fingerprint density at radius 3 is 2.83 bits per heavy atom. The second-order valence-corrected chi connectivity index (χ2v) is 7.47. The molecule has 1 fully saturated rings. The Bertz CT molecular complexity index is 594. The molecule has 5 nitrogen and oxygen atoms in total. The highest BCUT2D eigenvalue weighted by atomic mass is 16.6. The van der Waals surface area contributed by atoms with Crippen LogP contribution in [-0.4, -0.2) is 53.8 Å². The number of aryl methyl sites for hydroxylation is 1. The molecule has 0 aromatic heterocycles. The largest absolute Gasteiger partial charge is 0.492 e. The van der Waals surface area contributed by atoms with E-state index >= 15 is 0 Å². The van der Waals surface area contributed by atoms with Gasteiger partial charge in [0.05, 0.1) is 6.04 Å². The third kappa shape index (κ3) is 3.78. The van der Waals surface area contributed by atoms with Gasteiger partial charge in [-0.05, 0) is 39.3 Å². The van der Waals surface area contributed by atoms with Crippen molar-refractivity contribution in [1.29, 1.82) is 0 Å². The number of hydrogen-bond acceptors (Lipinski definition) is 4. The second-order valence-electron chi connectivity index (χ2n) is 7.47. The van der Waals surface area contributed by atoms with Crippen LogP contribution in [0.25, 0.3) is 0 Å². The molecule has 1 saturated heterocycles. The topological polar surface area (TPSA) is 42.0 Å². The van der Waals surface area contributed by atoms with Crippen LogP contribution >= 0.6 is 0 Å². The van der Waals surface area contributed by atoms with E-state index in [9.17, 15) is 4.79 Å². The molecule has 3 rings (SSSR count). The molecule has 2 aliphatic rings. The number of nitrogens with zero attached hydrogens (tertiary/aromatic N) is 2. The lowest BCUT2D eigenvalue weighted by atomic mass is 10.1. The minimum Gasteiger partial charge on any atom is -0.492 e. The highest BCUT2D eigenvalue weighted by molar-refractivity contribution is 5.68. The van der Waals surface area contributed by atoms with Crippen LogP contribution in [0, 0.1) is 6.92 Å². The predicted molar refractivity (Wildman–Crippen MR) is 88.7 cm³/mol. The van der Waals surface area contributed by atoms with Gasteiger partial charge in [-0.15, -0.1) is 0 Å². The number of amides is 1. The highest BCUT2D eigenvalue weighted by Gasteiger charge is 2.34. The molecule has 126 valence electrons. The monoisotopic (exact) mass is 318 g/mol. The average Bonchev–Trinajstić information content (AvgIpc) is 2.63. The summed E-state index contributed by atoms with van der Waals surface area (Å²) < 4.78 is 11.5. The minimum absolute atomic E-state index is 0.212. The molecule has 1 atom stereocenters. The third-order valence-electron chi connectivity index (χ3n) is 4.28. The lowest BCUT2D eigenvalue weighted by Crippen LogP contribution is -2.56. The number of hydrogen-bond donors (Lipinski definition) is 0. The van der Waals surface area contributed by atoms with Gasteiger partial charge in [0.2, 0.25) is 0 Å². The van der Waals surface area contributed by atoms with Gasteiger partial charge in [0.25, 0.3) is 0 Å². The van der Waals surface area contributed by atoms with Crippen molar-refractivity contribution in [3.05, 3.63) is 29.3 Å². The molecule has 2 heterocycles. The van der Waals surface area contributed by atoms with E-state index in [0.717, 1.165) is 18.8 Å². The number of benzene rings is 1. The van der Waals surface area contributed by atoms with Crippen LogP contribution in [0.4, 0.5) is 4.79 Å². The summed E-state index contributed by atoms with van der Waals surface area (Å²) in [5.74, 6) is 0.975. The molecule has 0 spiro atoms. The lowest BCUT2D eigenvalue weighted by molar-refractivity contribution is -0.00154. The van der Waals surface area contributed by atoms with Gasteiger partial charge in [-0.2, -0.15) is 0 Å². The summed E-state index contributed by atoms with van der Waals surface area (Å²) >= 11 is 0. The van der Waals surface area contributed by atoms with Crippen LogP contribution in [0.5, 0.6) is 5.75 Å². The first kappa shape index (κ1) is 16.1. The molecule has 1 amide bonds. The fourth-order valence-electron chi connectivity index (χ4n) is 3.08. The summed E-state index contributed by atoms with van der Waals surface area (Å²) in [4.78, 5) is 16.5. The van der Waals surface area contributed by atoms with E-state index < -0.39 is 5.60 Å². The SMILES string of the molecule is Cc1ccc2c(c1)OCC1CN(C(=O)OC(C)(C)C)CCN1C2. The van der Waals surface area contributed by atoms with Gasteiger partial charge in [0.1, 0.15) is 18.0 Å². The van der Waals surface area contributed by atoms with E-state index in [4.69, 9.17) is 9.47 Å². The maximum absolute atomic E-state index is 12.3. The van der Waals surface area contributed by atoms with Crippen LogP contribution in [-0.2, 0) is 11.3 Å². The van der Waals surface area contributed by atoms with E-state index in [1.165, 1.54) is 11.1 Å². The molecule has 1 aromatic carbocycles. The van der Waals surface area contributed by atoms with Crippen molar-refractivity contribution in [3.8, 4) is 5.75 Å². The quantitative estimate of drug-likeness (QED) is 0.738. The van der Waals surface area contributed by atoms with E-state index in [1.807, 2.05) is 20.8 Å². The summed E-state index contributed by atoms with van der Waals surface area (Å²) in [5.41, 5.74) is 1.98. The van der Waals surface area contributed by atoms with Gasteiger partial charge >= 0.3 is 6.09 Å². The lowest BCUT2D eigenvalue weighted by Gasteiger charge is -2.40. The molecule has 0 radical (unpaired) electrons. The first-order valence-corrected chi connectivity index (χ1v) is 8.26. The fraction of sp³-hybridized carbons (Fsp3) is 0.611. The van der Waals surface area contributed by atoms with Crippen LogP contribution in [0.1, 0.15) is 31.9 Å². The standard InChI is InChI=1S/C18H26N2O3/c1-13-5-6-14-10-19-7-8-20(17(21)23-18(2,3)4)11-15(19)12-22-16(14)9-13/h5-6,9,15H,7-8,10-12H2,1-4H3. The van der Waals surface area contributed by atoms with Crippen molar-refractivity contribution in [2.24, 2.45) is 0 Å². The smallest absolute Gasteiger partial charge is 0.410 e. The van der Waals surface area contributed by atoms with Crippen LogP contribution < -0.4 is 4.74 Å². The normalized spacial score (nSPS) is 21.7. The Labute approximate surface area is 138 Å². The minimum atomic E-state index is -0.456. The summed E-state index contributed by atoms with van der Waals surface area (Å²) in [7, 11) is 0. The van der Waals surface area contributed by atoms with E-state index in [-0.39, 0.29) is 12.1 Å².